The molecule has 2 heterocycles. The molecule has 9 nitrogen and oxygen atoms in total. The lowest BCUT2D eigenvalue weighted by atomic mass is 9.81. The Morgan fingerprint density at radius 2 is 1.74 bits per heavy atom. The molecule has 1 aliphatic heterocycles. The monoisotopic (exact) mass is 468 g/mol. The topological polar surface area (TPSA) is 104 Å². The Labute approximate surface area is 195 Å². The minimum atomic E-state index is -1.02. The van der Waals surface area contributed by atoms with Gasteiger partial charge in [-0.3, -0.25) is 14.3 Å². The predicted molar refractivity (Wildman–Crippen MR) is 122 cm³/mol. The van der Waals surface area contributed by atoms with Gasteiger partial charge in [-0.05, 0) is 42.8 Å². The molecule has 2 N–H and O–H groups in total. The molecule has 0 radical (unpaired) electrons. The number of anilines is 1. The van der Waals surface area contributed by atoms with E-state index in [1.54, 1.807) is 36.9 Å². The third-order valence-corrected chi connectivity index (χ3v) is 5.90. The smallest absolute Gasteiger partial charge is 0.252 e. The summed E-state index contributed by atoms with van der Waals surface area (Å²) in [5.41, 5.74) is 2.13. The summed E-state index contributed by atoms with van der Waals surface area (Å²) >= 11 is 0. The molecule has 2 atom stereocenters. The van der Waals surface area contributed by atoms with Gasteiger partial charge in [0.1, 0.15) is 11.9 Å². The van der Waals surface area contributed by atoms with Gasteiger partial charge >= 0.3 is 0 Å². The van der Waals surface area contributed by atoms with Crippen LogP contribution in [0.3, 0.4) is 0 Å². The number of amides is 2. The highest BCUT2D eigenvalue weighted by atomic mass is 19.1. The van der Waals surface area contributed by atoms with Crippen LogP contribution < -0.4 is 24.8 Å². The summed E-state index contributed by atoms with van der Waals surface area (Å²) in [7, 11) is 6.05. The third-order valence-electron chi connectivity index (χ3n) is 5.90. The molecule has 2 amide bonds. The summed E-state index contributed by atoms with van der Waals surface area (Å²) in [6.45, 7) is 1.80. The number of halogens is 1. The number of hydrogen-bond acceptors (Lipinski definition) is 6. The number of nitrogens with one attached hydrogen (secondary N) is 2. The Morgan fingerprint density at radius 1 is 1.06 bits per heavy atom. The Morgan fingerprint density at radius 3 is 2.38 bits per heavy atom. The number of aromatic nitrogens is 2. The molecule has 0 aliphatic carbocycles. The quantitative estimate of drug-likeness (QED) is 0.577. The number of carbonyl (C=O) groups excluding carboxylic acids is 2. The highest BCUT2D eigenvalue weighted by molar-refractivity contribution is 6.04. The first kappa shape index (κ1) is 23.1. The van der Waals surface area contributed by atoms with Crippen LogP contribution in [0.15, 0.2) is 36.4 Å². The molecule has 0 saturated heterocycles. The minimum absolute atomic E-state index is 0.0815. The molecular formula is C24H25FN4O5. The number of ether oxygens (including phenoxy) is 3. The fraction of sp³-hybridized carbons (Fsp3) is 0.292. The zero-order valence-corrected chi connectivity index (χ0v) is 19.4. The van der Waals surface area contributed by atoms with Gasteiger partial charge in [-0.25, -0.2) is 4.39 Å². The van der Waals surface area contributed by atoms with Crippen molar-refractivity contribution in [2.45, 2.75) is 18.9 Å². The Kier molecular flexibility index (Phi) is 6.14. The SMILES string of the molecule is COc1ccc([C@H]2c3c(C)nn(C)c3NC(=O)[C@H]2NC(=O)c2ccc(OC)c(OC)c2)cc1F. The van der Waals surface area contributed by atoms with Crippen molar-refractivity contribution in [2.24, 2.45) is 7.05 Å². The van der Waals surface area contributed by atoms with E-state index in [1.807, 2.05) is 0 Å². The van der Waals surface area contributed by atoms with Crippen molar-refractivity contribution < 1.29 is 28.2 Å². The molecule has 2 aromatic carbocycles. The van der Waals surface area contributed by atoms with E-state index in [-0.39, 0.29) is 11.3 Å². The largest absolute Gasteiger partial charge is 0.494 e. The van der Waals surface area contributed by atoms with Crippen LogP contribution >= 0.6 is 0 Å². The first-order chi connectivity index (χ1) is 16.3. The van der Waals surface area contributed by atoms with Crippen molar-refractivity contribution in [2.75, 3.05) is 26.6 Å². The van der Waals surface area contributed by atoms with E-state index < -0.39 is 29.6 Å². The number of carbonyl (C=O) groups is 2. The maximum atomic E-state index is 14.6. The zero-order valence-electron chi connectivity index (χ0n) is 19.4. The summed E-state index contributed by atoms with van der Waals surface area (Å²) in [5, 5.41) is 10.0. The average molecular weight is 468 g/mol. The molecule has 34 heavy (non-hydrogen) atoms. The van der Waals surface area contributed by atoms with Gasteiger partial charge in [-0.2, -0.15) is 5.10 Å². The Bertz CT molecular complexity index is 1270. The summed E-state index contributed by atoms with van der Waals surface area (Å²) in [4.78, 5) is 26.3. The first-order valence-electron chi connectivity index (χ1n) is 10.5. The van der Waals surface area contributed by atoms with Crippen LogP contribution in [0, 0.1) is 12.7 Å². The molecule has 0 bridgehead atoms. The maximum Gasteiger partial charge on any atom is 0.252 e. The normalized spacial score (nSPS) is 16.9. The van der Waals surface area contributed by atoms with Gasteiger partial charge in [0.05, 0.1) is 27.0 Å². The summed E-state index contributed by atoms with van der Waals surface area (Å²) in [6, 6.07) is 8.16. The average Bonchev–Trinajstić information content (AvgIpc) is 3.11. The molecule has 10 heteroatoms. The van der Waals surface area contributed by atoms with Crippen LogP contribution in [-0.4, -0.2) is 49.0 Å². The van der Waals surface area contributed by atoms with Crippen LogP contribution in [0.5, 0.6) is 17.2 Å². The molecule has 0 saturated carbocycles. The van der Waals surface area contributed by atoms with Crippen LogP contribution in [-0.2, 0) is 11.8 Å². The van der Waals surface area contributed by atoms with Crippen LogP contribution in [0.2, 0.25) is 0 Å². The van der Waals surface area contributed by atoms with Crippen molar-refractivity contribution in [3.63, 3.8) is 0 Å². The molecule has 0 unspecified atom stereocenters. The second-order valence-electron chi connectivity index (χ2n) is 7.85. The van der Waals surface area contributed by atoms with E-state index >= 15 is 0 Å². The number of benzene rings is 2. The minimum Gasteiger partial charge on any atom is -0.494 e. The van der Waals surface area contributed by atoms with Gasteiger partial charge in [-0.15, -0.1) is 0 Å². The third kappa shape index (κ3) is 3.91. The van der Waals surface area contributed by atoms with Crippen LogP contribution in [0.25, 0.3) is 0 Å². The zero-order chi connectivity index (χ0) is 24.6. The summed E-state index contributed by atoms with van der Waals surface area (Å²) in [5.74, 6) is -0.755. The standard InChI is InChI=1S/C24H25FN4O5/c1-12-19-20(13-6-8-16(32-3)15(25)10-13)21(24(31)27-22(19)29(2)28-12)26-23(30)14-7-9-17(33-4)18(11-14)34-5/h6-11,20-21H,1-5H3,(H,26,30)(H,27,31)/t20-,21-/m0/s1. The molecular weight excluding hydrogens is 443 g/mol. The molecule has 0 fully saturated rings. The molecule has 3 aromatic rings. The van der Waals surface area contributed by atoms with Gasteiger partial charge in [0.15, 0.2) is 23.1 Å². The van der Waals surface area contributed by atoms with E-state index in [4.69, 9.17) is 14.2 Å². The predicted octanol–water partition coefficient (Wildman–Crippen LogP) is 2.78. The van der Waals surface area contributed by atoms with E-state index in [0.29, 0.717) is 34.1 Å². The lowest BCUT2D eigenvalue weighted by Crippen LogP contribution is -2.50. The van der Waals surface area contributed by atoms with Crippen molar-refractivity contribution in [3.8, 4) is 17.2 Å². The number of hydrogen-bond donors (Lipinski definition) is 2. The number of methoxy groups -OCH3 is 3. The van der Waals surface area contributed by atoms with E-state index in [9.17, 15) is 14.0 Å². The number of aryl methyl sites for hydroxylation is 2. The van der Waals surface area contributed by atoms with Crippen LogP contribution in [0.1, 0.15) is 33.1 Å². The molecule has 4 rings (SSSR count). The van der Waals surface area contributed by atoms with E-state index in [2.05, 4.69) is 15.7 Å². The van der Waals surface area contributed by atoms with E-state index in [1.165, 1.54) is 39.5 Å². The maximum absolute atomic E-state index is 14.6. The summed E-state index contributed by atoms with van der Waals surface area (Å²) in [6.07, 6.45) is 0. The molecule has 0 spiro atoms. The fourth-order valence-electron chi connectivity index (χ4n) is 4.29. The molecule has 1 aromatic heterocycles. The van der Waals surface area contributed by atoms with Crippen molar-refractivity contribution >= 4 is 17.6 Å². The van der Waals surface area contributed by atoms with Gasteiger partial charge in [-0.1, -0.05) is 6.07 Å². The van der Waals surface area contributed by atoms with Gasteiger partial charge in [0.25, 0.3) is 5.91 Å². The Hall–Kier alpha value is -4.08. The van der Waals surface area contributed by atoms with Gasteiger partial charge in [0, 0.05) is 24.1 Å². The van der Waals surface area contributed by atoms with E-state index in [0.717, 1.165) is 0 Å². The second-order valence-corrected chi connectivity index (χ2v) is 7.85. The Balaban J connectivity index is 1.77. The van der Waals surface area contributed by atoms with Crippen molar-refractivity contribution in [1.29, 1.82) is 0 Å². The number of fused-ring (bicyclic) bond motifs is 1. The highest BCUT2D eigenvalue weighted by Crippen LogP contribution is 2.40. The number of rotatable bonds is 6. The van der Waals surface area contributed by atoms with Crippen LogP contribution in [0.4, 0.5) is 10.2 Å². The first-order valence-corrected chi connectivity index (χ1v) is 10.5. The summed E-state index contributed by atoms with van der Waals surface area (Å²) < 4.78 is 31.7. The molecule has 178 valence electrons. The van der Waals surface area contributed by atoms with Crippen molar-refractivity contribution in [1.82, 2.24) is 15.1 Å². The molecule has 1 aliphatic rings. The van der Waals surface area contributed by atoms with Crippen molar-refractivity contribution in [3.05, 3.63) is 64.6 Å². The van der Waals surface area contributed by atoms with Gasteiger partial charge < -0.3 is 24.8 Å². The lowest BCUT2D eigenvalue weighted by Gasteiger charge is -2.32. The second kappa shape index (κ2) is 9.05. The highest BCUT2D eigenvalue weighted by Gasteiger charge is 2.41. The fourth-order valence-corrected chi connectivity index (χ4v) is 4.29. The lowest BCUT2D eigenvalue weighted by molar-refractivity contribution is -0.118. The van der Waals surface area contributed by atoms with Gasteiger partial charge in [0.2, 0.25) is 5.91 Å². The number of nitrogens with zero attached hydrogens (tertiary/aromatic N) is 2.